The van der Waals surface area contributed by atoms with Gasteiger partial charge in [0.15, 0.2) is 5.96 Å². The Morgan fingerprint density at radius 3 is 3.00 bits per heavy atom. The van der Waals surface area contributed by atoms with Gasteiger partial charge in [0.2, 0.25) is 0 Å². The number of benzene rings is 1. The monoisotopic (exact) mass is 285 g/mol. The van der Waals surface area contributed by atoms with E-state index in [4.69, 9.17) is 5.73 Å². The van der Waals surface area contributed by atoms with Gasteiger partial charge in [0.1, 0.15) is 0 Å². The normalized spacial score (nSPS) is 14.3. The van der Waals surface area contributed by atoms with Gasteiger partial charge in [0.05, 0.1) is 0 Å². The zero-order valence-corrected chi connectivity index (χ0v) is 12.2. The Labute approximate surface area is 123 Å². The summed E-state index contributed by atoms with van der Waals surface area (Å²) in [5.41, 5.74) is 11.2. The Morgan fingerprint density at radius 2 is 2.15 bits per heavy atom. The predicted molar refractivity (Wildman–Crippen MR) is 86.6 cm³/mol. The molecule has 0 saturated heterocycles. The molecule has 1 aliphatic rings. The van der Waals surface area contributed by atoms with E-state index >= 15 is 0 Å². The number of thiophene rings is 1. The Kier molecular flexibility index (Phi) is 4.02. The highest BCUT2D eigenvalue weighted by Crippen LogP contribution is 2.24. The minimum Gasteiger partial charge on any atom is -0.370 e. The van der Waals surface area contributed by atoms with E-state index in [1.54, 1.807) is 11.3 Å². The van der Waals surface area contributed by atoms with Crippen LogP contribution >= 0.6 is 11.3 Å². The van der Waals surface area contributed by atoms with Crippen LogP contribution in [0.3, 0.4) is 0 Å². The van der Waals surface area contributed by atoms with Crippen molar-refractivity contribution in [3.63, 3.8) is 0 Å². The largest absolute Gasteiger partial charge is 0.370 e. The molecule has 0 bridgehead atoms. The van der Waals surface area contributed by atoms with Gasteiger partial charge in [-0.1, -0.05) is 6.07 Å². The molecule has 1 heterocycles. The molecule has 0 atom stereocenters. The van der Waals surface area contributed by atoms with E-state index in [9.17, 15) is 0 Å². The first-order valence-corrected chi connectivity index (χ1v) is 7.95. The van der Waals surface area contributed by atoms with Crippen LogP contribution in [-0.2, 0) is 19.3 Å². The van der Waals surface area contributed by atoms with Crippen molar-refractivity contribution in [3.8, 4) is 0 Å². The van der Waals surface area contributed by atoms with Gasteiger partial charge in [-0.15, -0.1) is 0 Å². The topological polar surface area (TPSA) is 50.4 Å². The molecule has 0 saturated carbocycles. The van der Waals surface area contributed by atoms with Gasteiger partial charge >= 0.3 is 0 Å². The molecule has 104 valence electrons. The fourth-order valence-electron chi connectivity index (χ4n) is 2.58. The van der Waals surface area contributed by atoms with Gasteiger partial charge in [-0.05, 0) is 71.3 Å². The Balaban J connectivity index is 1.56. The van der Waals surface area contributed by atoms with Gasteiger partial charge < -0.3 is 11.1 Å². The van der Waals surface area contributed by atoms with Crippen LogP contribution in [0, 0.1) is 0 Å². The van der Waals surface area contributed by atoms with Crippen molar-refractivity contribution in [2.75, 3.05) is 11.9 Å². The maximum Gasteiger partial charge on any atom is 0.193 e. The molecule has 1 aromatic heterocycles. The zero-order chi connectivity index (χ0) is 13.8. The number of aliphatic imine (C=N–C) groups is 1. The molecule has 4 heteroatoms. The van der Waals surface area contributed by atoms with Crippen molar-refractivity contribution in [1.29, 1.82) is 0 Å². The number of rotatable bonds is 4. The average molecular weight is 285 g/mol. The number of aryl methyl sites for hydroxylation is 2. The van der Waals surface area contributed by atoms with E-state index in [0.29, 0.717) is 5.96 Å². The smallest absolute Gasteiger partial charge is 0.193 e. The van der Waals surface area contributed by atoms with Crippen molar-refractivity contribution in [2.24, 2.45) is 10.7 Å². The van der Waals surface area contributed by atoms with E-state index in [1.807, 2.05) is 0 Å². The van der Waals surface area contributed by atoms with Crippen LogP contribution in [0.5, 0.6) is 0 Å². The van der Waals surface area contributed by atoms with Gasteiger partial charge in [-0.2, -0.15) is 11.3 Å². The number of hydrogen-bond donors (Lipinski definition) is 2. The molecule has 2 aromatic rings. The number of anilines is 1. The van der Waals surface area contributed by atoms with Crippen LogP contribution in [-0.4, -0.2) is 12.5 Å². The van der Waals surface area contributed by atoms with Crippen LogP contribution in [0.4, 0.5) is 5.69 Å². The molecule has 0 unspecified atom stereocenters. The average Bonchev–Trinajstić information content (AvgIpc) is 3.08. The summed E-state index contributed by atoms with van der Waals surface area (Å²) in [6.45, 7) is 0.723. The van der Waals surface area contributed by atoms with E-state index < -0.39 is 0 Å². The third-order valence-electron chi connectivity index (χ3n) is 3.63. The zero-order valence-electron chi connectivity index (χ0n) is 11.4. The molecule has 1 aliphatic carbocycles. The predicted octanol–water partition coefficient (Wildman–Crippen LogP) is 3.21. The standard InChI is InChI=1S/C16H19N3S/c17-16(18-8-6-12-7-9-20-11-12)19-15-5-4-13-2-1-3-14(13)10-15/h4-5,7,9-11H,1-3,6,8H2,(H3,17,18,19). The molecule has 3 rings (SSSR count). The summed E-state index contributed by atoms with van der Waals surface area (Å²) < 4.78 is 0. The Hall–Kier alpha value is -1.81. The molecule has 0 spiro atoms. The van der Waals surface area contributed by atoms with Crippen LogP contribution in [0.1, 0.15) is 23.1 Å². The van der Waals surface area contributed by atoms with Crippen molar-refractivity contribution >= 4 is 23.0 Å². The molecular weight excluding hydrogens is 266 g/mol. The lowest BCUT2D eigenvalue weighted by Crippen LogP contribution is -2.23. The van der Waals surface area contributed by atoms with Crippen LogP contribution in [0.2, 0.25) is 0 Å². The number of nitrogens with one attached hydrogen (secondary N) is 1. The first-order valence-electron chi connectivity index (χ1n) is 7.01. The summed E-state index contributed by atoms with van der Waals surface area (Å²) in [4.78, 5) is 4.38. The number of nitrogens with two attached hydrogens (primary N) is 1. The Bertz CT molecular complexity index is 602. The maximum absolute atomic E-state index is 5.93. The lowest BCUT2D eigenvalue weighted by molar-refractivity contribution is 0.912. The van der Waals surface area contributed by atoms with Crippen LogP contribution in [0.25, 0.3) is 0 Å². The van der Waals surface area contributed by atoms with E-state index in [-0.39, 0.29) is 0 Å². The van der Waals surface area contributed by atoms with E-state index in [0.717, 1.165) is 18.7 Å². The summed E-state index contributed by atoms with van der Waals surface area (Å²) in [5.74, 6) is 0.498. The molecule has 0 fully saturated rings. The molecular formula is C16H19N3S. The molecule has 1 aromatic carbocycles. The molecule has 0 amide bonds. The lowest BCUT2D eigenvalue weighted by Gasteiger charge is -2.07. The number of hydrogen-bond acceptors (Lipinski definition) is 2. The highest BCUT2D eigenvalue weighted by Gasteiger charge is 2.10. The van der Waals surface area contributed by atoms with E-state index in [1.165, 1.54) is 36.0 Å². The third kappa shape index (κ3) is 3.20. The number of guanidine groups is 1. The first-order chi connectivity index (χ1) is 9.81. The number of fused-ring (bicyclic) bond motifs is 1. The summed E-state index contributed by atoms with van der Waals surface area (Å²) >= 11 is 1.72. The maximum atomic E-state index is 5.93. The van der Waals surface area contributed by atoms with Gasteiger partial charge in [-0.3, -0.25) is 4.99 Å². The highest BCUT2D eigenvalue weighted by molar-refractivity contribution is 7.07. The molecule has 0 aliphatic heterocycles. The Morgan fingerprint density at radius 1 is 1.25 bits per heavy atom. The SMILES string of the molecule is NC(=NCCc1ccsc1)Nc1ccc2c(c1)CCC2. The summed E-state index contributed by atoms with van der Waals surface area (Å²) in [5, 5.41) is 7.42. The van der Waals surface area contributed by atoms with Gasteiger partial charge in [0, 0.05) is 12.2 Å². The van der Waals surface area contributed by atoms with Crippen LogP contribution in [0.15, 0.2) is 40.0 Å². The molecule has 20 heavy (non-hydrogen) atoms. The summed E-state index contributed by atoms with van der Waals surface area (Å²) in [6.07, 6.45) is 4.60. The van der Waals surface area contributed by atoms with Gasteiger partial charge in [-0.25, -0.2) is 0 Å². The quantitative estimate of drug-likeness (QED) is 0.669. The summed E-state index contributed by atoms with van der Waals surface area (Å²) in [7, 11) is 0. The molecule has 3 N–H and O–H groups in total. The lowest BCUT2D eigenvalue weighted by atomic mass is 10.1. The van der Waals surface area contributed by atoms with Crippen molar-refractivity contribution in [3.05, 3.63) is 51.7 Å². The molecule has 3 nitrogen and oxygen atoms in total. The second kappa shape index (κ2) is 6.09. The second-order valence-corrected chi connectivity index (χ2v) is 5.89. The van der Waals surface area contributed by atoms with Crippen molar-refractivity contribution in [2.45, 2.75) is 25.7 Å². The second-order valence-electron chi connectivity index (χ2n) is 5.11. The van der Waals surface area contributed by atoms with Crippen molar-refractivity contribution in [1.82, 2.24) is 0 Å². The molecule has 0 radical (unpaired) electrons. The van der Waals surface area contributed by atoms with Gasteiger partial charge in [0.25, 0.3) is 0 Å². The number of nitrogens with zero attached hydrogens (tertiary/aromatic N) is 1. The van der Waals surface area contributed by atoms with Crippen molar-refractivity contribution < 1.29 is 0 Å². The van der Waals surface area contributed by atoms with E-state index in [2.05, 4.69) is 45.3 Å². The van der Waals surface area contributed by atoms with Crippen LogP contribution < -0.4 is 11.1 Å². The first kappa shape index (κ1) is 13.2. The third-order valence-corrected chi connectivity index (χ3v) is 4.37. The fourth-order valence-corrected chi connectivity index (χ4v) is 3.28. The highest BCUT2D eigenvalue weighted by atomic mass is 32.1. The minimum absolute atomic E-state index is 0.498. The minimum atomic E-state index is 0.498. The fraction of sp³-hybridized carbons (Fsp3) is 0.312. The summed E-state index contributed by atoms with van der Waals surface area (Å²) in [6, 6.07) is 8.61.